The molecule has 0 bridgehead atoms. The molecule has 176 valence electrons. The van der Waals surface area contributed by atoms with E-state index in [1.807, 2.05) is 38.1 Å². The number of aliphatic carboxylic acids is 1. The summed E-state index contributed by atoms with van der Waals surface area (Å²) in [4.78, 5) is 38.0. The minimum Gasteiger partial charge on any atom is -0.482 e. The number of amides is 1. The molecule has 9 heteroatoms. The molecule has 0 spiro atoms. The van der Waals surface area contributed by atoms with Crippen LogP contribution < -0.4 is 9.64 Å². The van der Waals surface area contributed by atoms with Crippen LogP contribution in [0.15, 0.2) is 54.0 Å². The van der Waals surface area contributed by atoms with E-state index in [2.05, 4.69) is 9.97 Å². The van der Waals surface area contributed by atoms with E-state index in [0.717, 1.165) is 43.6 Å². The molecular weight excluding hydrogens is 464 g/mol. The number of carboxylic acid groups (broad SMARTS) is 1. The summed E-state index contributed by atoms with van der Waals surface area (Å²) in [7, 11) is 1.75. The number of ether oxygens (including phenoxy) is 1. The fraction of sp³-hybridized carbons (Fsp3) is 0.154. The van der Waals surface area contributed by atoms with E-state index in [1.54, 1.807) is 53.1 Å². The van der Waals surface area contributed by atoms with E-state index in [4.69, 9.17) is 14.8 Å². The van der Waals surface area contributed by atoms with Gasteiger partial charge in [0.2, 0.25) is 0 Å². The van der Waals surface area contributed by atoms with Gasteiger partial charge in [-0.15, -0.1) is 11.3 Å². The number of carbonyl (C=O) groups is 2. The van der Waals surface area contributed by atoms with Crippen LogP contribution in [0.5, 0.6) is 5.75 Å². The largest absolute Gasteiger partial charge is 0.482 e. The third kappa shape index (κ3) is 4.33. The van der Waals surface area contributed by atoms with Crippen LogP contribution in [0.3, 0.4) is 0 Å². The number of carboxylic acids is 1. The van der Waals surface area contributed by atoms with Gasteiger partial charge in [-0.1, -0.05) is 0 Å². The Bertz CT molecular complexity index is 1580. The van der Waals surface area contributed by atoms with Gasteiger partial charge in [-0.25, -0.2) is 14.8 Å². The lowest BCUT2D eigenvalue weighted by Gasteiger charge is -2.17. The Balaban J connectivity index is 1.44. The Labute approximate surface area is 204 Å². The van der Waals surface area contributed by atoms with Gasteiger partial charge < -0.3 is 19.7 Å². The van der Waals surface area contributed by atoms with Crippen molar-refractivity contribution in [1.29, 1.82) is 0 Å². The average molecular weight is 487 g/mol. The molecule has 0 aliphatic heterocycles. The van der Waals surface area contributed by atoms with Gasteiger partial charge in [0.15, 0.2) is 6.61 Å². The predicted molar refractivity (Wildman–Crippen MR) is 136 cm³/mol. The number of fused-ring (bicyclic) bond motifs is 2. The van der Waals surface area contributed by atoms with E-state index < -0.39 is 12.6 Å². The topological polar surface area (TPSA) is 108 Å². The van der Waals surface area contributed by atoms with Crippen LogP contribution in [0.25, 0.3) is 32.6 Å². The predicted octanol–water partition coefficient (Wildman–Crippen LogP) is 5.20. The molecule has 1 amide bonds. The fourth-order valence-electron chi connectivity index (χ4n) is 4.15. The molecule has 0 saturated carbocycles. The smallest absolute Gasteiger partial charge is 0.341 e. The van der Waals surface area contributed by atoms with Crippen molar-refractivity contribution in [1.82, 2.24) is 15.0 Å². The Morgan fingerprint density at radius 3 is 2.57 bits per heavy atom. The molecule has 0 aliphatic carbocycles. The van der Waals surface area contributed by atoms with Crippen LogP contribution in [-0.2, 0) is 4.79 Å². The molecular formula is C26H22N4O4S. The van der Waals surface area contributed by atoms with Gasteiger partial charge in [0.1, 0.15) is 11.6 Å². The maximum atomic E-state index is 13.2. The number of benzene rings is 3. The first kappa shape index (κ1) is 22.5. The zero-order valence-electron chi connectivity index (χ0n) is 19.3. The highest BCUT2D eigenvalue weighted by Crippen LogP contribution is 2.31. The SMILES string of the molecule is Cc1cc(OCC(=O)O)cc(C)c1-c1nc2ccc(C(=O)N(C)c3ccc4scnc4c3)cc2[nH]1. The monoisotopic (exact) mass is 486 g/mol. The second-order valence-electron chi connectivity index (χ2n) is 8.30. The second kappa shape index (κ2) is 8.84. The van der Waals surface area contributed by atoms with Crippen LogP contribution in [0.4, 0.5) is 5.69 Å². The van der Waals surface area contributed by atoms with Crippen molar-refractivity contribution in [2.75, 3.05) is 18.6 Å². The van der Waals surface area contributed by atoms with Crippen LogP contribution in [0, 0.1) is 13.8 Å². The molecule has 3 aromatic carbocycles. The van der Waals surface area contributed by atoms with Gasteiger partial charge >= 0.3 is 5.97 Å². The molecule has 2 heterocycles. The summed E-state index contributed by atoms with van der Waals surface area (Å²) < 4.78 is 6.40. The number of H-pyrrole nitrogens is 1. The molecule has 0 atom stereocenters. The summed E-state index contributed by atoms with van der Waals surface area (Å²) in [6, 6.07) is 14.8. The lowest BCUT2D eigenvalue weighted by atomic mass is 10.0. The number of carbonyl (C=O) groups excluding carboxylic acids is 1. The van der Waals surface area contributed by atoms with Crippen molar-refractivity contribution in [3.63, 3.8) is 0 Å². The number of nitrogens with one attached hydrogen (secondary N) is 1. The lowest BCUT2D eigenvalue weighted by Crippen LogP contribution is -2.26. The Kier molecular flexibility index (Phi) is 5.70. The van der Waals surface area contributed by atoms with E-state index in [9.17, 15) is 9.59 Å². The van der Waals surface area contributed by atoms with E-state index in [0.29, 0.717) is 17.1 Å². The van der Waals surface area contributed by atoms with Crippen molar-refractivity contribution < 1.29 is 19.4 Å². The number of rotatable bonds is 6. The quantitative estimate of drug-likeness (QED) is 0.342. The molecule has 0 unspecified atom stereocenters. The highest BCUT2D eigenvalue weighted by atomic mass is 32.1. The molecule has 0 saturated heterocycles. The number of aromatic amines is 1. The molecule has 0 radical (unpaired) electrons. The highest BCUT2D eigenvalue weighted by molar-refractivity contribution is 7.16. The van der Waals surface area contributed by atoms with Crippen LogP contribution in [-0.4, -0.2) is 45.6 Å². The third-order valence-electron chi connectivity index (χ3n) is 5.84. The number of anilines is 1. The molecule has 5 aromatic rings. The van der Waals surface area contributed by atoms with Crippen LogP contribution >= 0.6 is 11.3 Å². The summed E-state index contributed by atoms with van der Waals surface area (Å²) in [6.45, 7) is 3.45. The highest BCUT2D eigenvalue weighted by Gasteiger charge is 2.17. The standard InChI is InChI=1S/C26H22N4O4S/c1-14-8-18(34-12-23(31)32)9-15(2)24(14)25-28-19-6-4-16(10-20(19)29-25)26(33)30(3)17-5-7-22-21(11-17)27-13-35-22/h4-11,13H,12H2,1-3H3,(H,28,29)(H,31,32). The van der Waals surface area contributed by atoms with Gasteiger partial charge in [-0.05, 0) is 73.5 Å². The van der Waals surface area contributed by atoms with Crippen molar-refractivity contribution >= 4 is 50.2 Å². The number of aryl methyl sites for hydroxylation is 2. The first-order chi connectivity index (χ1) is 16.8. The van der Waals surface area contributed by atoms with Crippen molar-refractivity contribution in [2.24, 2.45) is 0 Å². The lowest BCUT2D eigenvalue weighted by molar-refractivity contribution is -0.139. The normalized spacial score (nSPS) is 11.2. The van der Waals surface area contributed by atoms with Gasteiger partial charge in [0, 0.05) is 23.9 Å². The number of hydrogen-bond acceptors (Lipinski definition) is 6. The number of thiazole rings is 1. The number of imidazole rings is 1. The van der Waals surface area contributed by atoms with Crippen molar-refractivity contribution in [2.45, 2.75) is 13.8 Å². The first-order valence-electron chi connectivity index (χ1n) is 10.9. The minimum atomic E-state index is -1.03. The number of aromatic nitrogens is 3. The van der Waals surface area contributed by atoms with Crippen LogP contribution in [0.2, 0.25) is 0 Å². The van der Waals surface area contributed by atoms with Crippen LogP contribution in [0.1, 0.15) is 21.5 Å². The Morgan fingerprint density at radius 1 is 1.06 bits per heavy atom. The van der Waals surface area contributed by atoms with Gasteiger partial charge in [0.05, 0.1) is 26.8 Å². The van der Waals surface area contributed by atoms with Crippen molar-refractivity contribution in [3.05, 3.63) is 70.7 Å². The van der Waals surface area contributed by atoms with E-state index >= 15 is 0 Å². The number of nitrogens with zero attached hydrogens (tertiary/aromatic N) is 3. The van der Waals surface area contributed by atoms with E-state index in [-0.39, 0.29) is 5.91 Å². The van der Waals surface area contributed by atoms with E-state index in [1.165, 1.54) is 0 Å². The Morgan fingerprint density at radius 2 is 1.83 bits per heavy atom. The summed E-state index contributed by atoms with van der Waals surface area (Å²) in [5.41, 5.74) is 8.18. The summed E-state index contributed by atoms with van der Waals surface area (Å²) in [6.07, 6.45) is 0. The summed E-state index contributed by atoms with van der Waals surface area (Å²) in [5.74, 6) is 0.00649. The maximum absolute atomic E-state index is 13.2. The average Bonchev–Trinajstić information content (AvgIpc) is 3.47. The molecule has 8 nitrogen and oxygen atoms in total. The van der Waals surface area contributed by atoms with Gasteiger partial charge in [-0.3, -0.25) is 4.79 Å². The fourth-order valence-corrected chi connectivity index (χ4v) is 4.81. The first-order valence-corrected chi connectivity index (χ1v) is 11.8. The number of hydrogen-bond donors (Lipinski definition) is 2. The summed E-state index contributed by atoms with van der Waals surface area (Å²) in [5, 5.41) is 8.85. The van der Waals surface area contributed by atoms with Crippen molar-refractivity contribution in [3.8, 4) is 17.1 Å². The molecule has 35 heavy (non-hydrogen) atoms. The molecule has 2 aromatic heterocycles. The zero-order valence-corrected chi connectivity index (χ0v) is 20.1. The van der Waals surface area contributed by atoms with Gasteiger partial charge in [-0.2, -0.15) is 0 Å². The Hall–Kier alpha value is -4.24. The third-order valence-corrected chi connectivity index (χ3v) is 6.65. The van der Waals surface area contributed by atoms with Gasteiger partial charge in [0.25, 0.3) is 5.91 Å². The maximum Gasteiger partial charge on any atom is 0.341 e. The molecule has 2 N–H and O–H groups in total. The molecule has 0 aliphatic rings. The zero-order chi connectivity index (χ0) is 24.7. The second-order valence-corrected chi connectivity index (χ2v) is 9.19. The minimum absolute atomic E-state index is 0.134. The molecule has 5 rings (SSSR count). The molecule has 0 fully saturated rings. The summed E-state index contributed by atoms with van der Waals surface area (Å²) >= 11 is 1.56.